The molecule has 0 aliphatic carbocycles. The Labute approximate surface area is 97.9 Å². The van der Waals surface area contributed by atoms with Crippen LogP contribution in [0.4, 0.5) is 0 Å². The fourth-order valence-corrected chi connectivity index (χ4v) is 2.03. The van der Waals surface area contributed by atoms with E-state index in [0.29, 0.717) is 12.5 Å². The SMILES string of the molecule is COC1CN(CC(=O)OC(C)C)CCC1C. The number of nitrogens with zero attached hydrogens (tertiary/aromatic N) is 1. The Morgan fingerprint density at radius 3 is 2.75 bits per heavy atom. The van der Waals surface area contributed by atoms with Crippen LogP contribution in [0, 0.1) is 5.92 Å². The van der Waals surface area contributed by atoms with Crippen molar-refractivity contribution in [1.82, 2.24) is 4.90 Å². The summed E-state index contributed by atoms with van der Waals surface area (Å²) < 4.78 is 10.5. The Hall–Kier alpha value is -0.610. The zero-order chi connectivity index (χ0) is 12.1. The van der Waals surface area contributed by atoms with Gasteiger partial charge in [-0.25, -0.2) is 0 Å². The summed E-state index contributed by atoms with van der Waals surface area (Å²) in [6.45, 7) is 8.09. The van der Waals surface area contributed by atoms with Gasteiger partial charge in [0, 0.05) is 13.7 Å². The fraction of sp³-hybridized carbons (Fsp3) is 0.917. The van der Waals surface area contributed by atoms with Gasteiger partial charge < -0.3 is 9.47 Å². The molecule has 0 aromatic heterocycles. The zero-order valence-electron chi connectivity index (χ0n) is 10.7. The molecule has 0 spiro atoms. The molecule has 1 aliphatic rings. The lowest BCUT2D eigenvalue weighted by atomic mass is 9.96. The molecule has 0 bridgehead atoms. The van der Waals surface area contributed by atoms with Gasteiger partial charge in [0.15, 0.2) is 0 Å². The van der Waals surface area contributed by atoms with Crippen LogP contribution in [0.25, 0.3) is 0 Å². The van der Waals surface area contributed by atoms with E-state index in [0.717, 1.165) is 19.5 Å². The summed E-state index contributed by atoms with van der Waals surface area (Å²) >= 11 is 0. The maximum atomic E-state index is 11.5. The van der Waals surface area contributed by atoms with Crippen LogP contribution in [0.2, 0.25) is 0 Å². The van der Waals surface area contributed by atoms with Crippen molar-refractivity contribution in [2.75, 3.05) is 26.7 Å². The van der Waals surface area contributed by atoms with E-state index in [-0.39, 0.29) is 18.2 Å². The minimum Gasteiger partial charge on any atom is -0.462 e. The topological polar surface area (TPSA) is 38.8 Å². The summed E-state index contributed by atoms with van der Waals surface area (Å²) in [6.07, 6.45) is 1.28. The van der Waals surface area contributed by atoms with Crippen molar-refractivity contribution in [3.8, 4) is 0 Å². The van der Waals surface area contributed by atoms with Crippen LogP contribution in [0.3, 0.4) is 0 Å². The molecule has 0 aromatic rings. The Morgan fingerprint density at radius 2 is 2.19 bits per heavy atom. The predicted octanol–water partition coefficient (Wildman–Crippen LogP) is 1.29. The second kappa shape index (κ2) is 6.21. The quantitative estimate of drug-likeness (QED) is 0.681. The van der Waals surface area contributed by atoms with E-state index in [1.165, 1.54) is 0 Å². The molecule has 2 unspecified atom stereocenters. The highest BCUT2D eigenvalue weighted by Gasteiger charge is 2.27. The van der Waals surface area contributed by atoms with Crippen LogP contribution >= 0.6 is 0 Å². The van der Waals surface area contributed by atoms with Gasteiger partial charge in [-0.1, -0.05) is 6.92 Å². The van der Waals surface area contributed by atoms with Crippen molar-refractivity contribution in [2.45, 2.75) is 39.4 Å². The lowest BCUT2D eigenvalue weighted by Crippen LogP contribution is -2.46. The molecule has 0 amide bonds. The van der Waals surface area contributed by atoms with Crippen LogP contribution in [0.5, 0.6) is 0 Å². The molecular formula is C12H23NO3. The van der Waals surface area contributed by atoms with Gasteiger partial charge >= 0.3 is 5.97 Å². The number of ether oxygens (including phenoxy) is 2. The molecule has 1 fully saturated rings. The van der Waals surface area contributed by atoms with Gasteiger partial charge in [-0.05, 0) is 32.7 Å². The molecule has 16 heavy (non-hydrogen) atoms. The number of likely N-dealkylation sites (tertiary alicyclic amines) is 1. The Morgan fingerprint density at radius 1 is 1.50 bits per heavy atom. The van der Waals surface area contributed by atoms with Gasteiger partial charge in [0.25, 0.3) is 0 Å². The van der Waals surface area contributed by atoms with E-state index in [1.54, 1.807) is 7.11 Å². The van der Waals surface area contributed by atoms with E-state index >= 15 is 0 Å². The summed E-state index contributed by atoms with van der Waals surface area (Å²) in [6, 6.07) is 0. The van der Waals surface area contributed by atoms with Gasteiger partial charge in [0.05, 0.1) is 18.8 Å². The minimum atomic E-state index is -0.139. The van der Waals surface area contributed by atoms with Crippen molar-refractivity contribution >= 4 is 5.97 Å². The molecule has 1 saturated heterocycles. The third kappa shape index (κ3) is 4.10. The van der Waals surface area contributed by atoms with E-state index < -0.39 is 0 Å². The smallest absolute Gasteiger partial charge is 0.320 e. The Bertz CT molecular complexity index is 230. The number of hydrogen-bond donors (Lipinski definition) is 0. The van der Waals surface area contributed by atoms with Gasteiger partial charge in [0.1, 0.15) is 0 Å². The van der Waals surface area contributed by atoms with Gasteiger partial charge in [-0.15, -0.1) is 0 Å². The molecule has 1 heterocycles. The summed E-state index contributed by atoms with van der Waals surface area (Å²) in [4.78, 5) is 13.6. The maximum Gasteiger partial charge on any atom is 0.320 e. The lowest BCUT2D eigenvalue weighted by Gasteiger charge is -2.35. The van der Waals surface area contributed by atoms with E-state index in [2.05, 4.69) is 11.8 Å². The lowest BCUT2D eigenvalue weighted by molar-refractivity contribution is -0.149. The average Bonchev–Trinajstić information content (AvgIpc) is 2.19. The van der Waals surface area contributed by atoms with Crippen LogP contribution in [-0.2, 0) is 14.3 Å². The highest BCUT2D eigenvalue weighted by molar-refractivity contribution is 5.71. The standard InChI is InChI=1S/C12H23NO3/c1-9(2)16-12(14)8-13-6-5-10(3)11(7-13)15-4/h9-11H,5-8H2,1-4H3. The van der Waals surface area contributed by atoms with Gasteiger partial charge in [0.2, 0.25) is 0 Å². The highest BCUT2D eigenvalue weighted by atomic mass is 16.5. The van der Waals surface area contributed by atoms with E-state index in [4.69, 9.17) is 9.47 Å². The minimum absolute atomic E-state index is 0.0329. The molecule has 0 aromatic carbocycles. The third-order valence-corrected chi connectivity index (χ3v) is 3.00. The van der Waals surface area contributed by atoms with E-state index in [1.807, 2.05) is 13.8 Å². The van der Waals surface area contributed by atoms with Crippen molar-refractivity contribution in [1.29, 1.82) is 0 Å². The molecule has 1 aliphatic heterocycles. The van der Waals surface area contributed by atoms with Crippen molar-refractivity contribution in [3.05, 3.63) is 0 Å². The number of carbonyl (C=O) groups excluding carboxylic acids is 1. The second-order valence-corrected chi connectivity index (χ2v) is 4.81. The Balaban J connectivity index is 2.35. The monoisotopic (exact) mass is 229 g/mol. The zero-order valence-corrected chi connectivity index (χ0v) is 10.7. The average molecular weight is 229 g/mol. The summed E-state index contributed by atoms with van der Waals surface area (Å²) in [5.74, 6) is 0.432. The second-order valence-electron chi connectivity index (χ2n) is 4.81. The molecule has 1 rings (SSSR count). The first-order chi connectivity index (χ1) is 7.52. The molecule has 2 atom stereocenters. The number of hydrogen-bond acceptors (Lipinski definition) is 4. The van der Waals surface area contributed by atoms with Crippen molar-refractivity contribution in [2.24, 2.45) is 5.92 Å². The van der Waals surface area contributed by atoms with Gasteiger partial charge in [-0.3, -0.25) is 9.69 Å². The number of esters is 1. The summed E-state index contributed by atoms with van der Waals surface area (Å²) in [5, 5.41) is 0. The highest BCUT2D eigenvalue weighted by Crippen LogP contribution is 2.19. The Kier molecular flexibility index (Phi) is 5.22. The molecule has 4 heteroatoms. The number of carbonyl (C=O) groups is 1. The number of methoxy groups -OCH3 is 1. The number of piperidine rings is 1. The first kappa shape index (κ1) is 13.5. The normalized spacial score (nSPS) is 27.1. The first-order valence-electron chi connectivity index (χ1n) is 5.97. The van der Waals surface area contributed by atoms with Crippen LogP contribution in [0.15, 0.2) is 0 Å². The summed E-state index contributed by atoms with van der Waals surface area (Å²) in [5.41, 5.74) is 0. The molecule has 0 radical (unpaired) electrons. The van der Waals surface area contributed by atoms with Gasteiger partial charge in [-0.2, -0.15) is 0 Å². The number of rotatable bonds is 4. The van der Waals surface area contributed by atoms with Crippen molar-refractivity contribution in [3.63, 3.8) is 0 Å². The fourth-order valence-electron chi connectivity index (χ4n) is 2.03. The molecule has 4 nitrogen and oxygen atoms in total. The largest absolute Gasteiger partial charge is 0.462 e. The summed E-state index contributed by atoms with van der Waals surface area (Å²) in [7, 11) is 1.73. The van der Waals surface area contributed by atoms with E-state index in [9.17, 15) is 4.79 Å². The van der Waals surface area contributed by atoms with Crippen LogP contribution in [-0.4, -0.2) is 49.8 Å². The molecule has 0 saturated carbocycles. The predicted molar refractivity (Wildman–Crippen MR) is 62.2 cm³/mol. The maximum absolute atomic E-state index is 11.5. The van der Waals surface area contributed by atoms with Crippen LogP contribution < -0.4 is 0 Å². The molecule has 0 N–H and O–H groups in total. The first-order valence-corrected chi connectivity index (χ1v) is 5.97. The van der Waals surface area contributed by atoms with Crippen LogP contribution in [0.1, 0.15) is 27.2 Å². The van der Waals surface area contributed by atoms with Crippen molar-refractivity contribution < 1.29 is 14.3 Å². The molecular weight excluding hydrogens is 206 g/mol. The molecule has 94 valence electrons. The third-order valence-electron chi connectivity index (χ3n) is 3.00.